The Balaban J connectivity index is 1.96. The normalized spacial score (nSPS) is 17.5. The van der Waals surface area contributed by atoms with Crippen molar-refractivity contribution in [3.05, 3.63) is 24.3 Å². The van der Waals surface area contributed by atoms with Gasteiger partial charge in [0.25, 0.3) is 0 Å². The van der Waals surface area contributed by atoms with Gasteiger partial charge in [-0.3, -0.25) is 0 Å². The number of methoxy groups -OCH3 is 1. The SMILES string of the molecule is COc1cccc(NC(=O)N(CCO)CC2CCCN2)c1. The molecule has 0 radical (unpaired) electrons. The molecule has 2 amide bonds. The van der Waals surface area contributed by atoms with Crippen LogP contribution in [0, 0.1) is 0 Å². The number of carbonyl (C=O) groups excluding carboxylic acids is 1. The van der Waals surface area contributed by atoms with Crippen LogP contribution in [0.3, 0.4) is 0 Å². The van der Waals surface area contributed by atoms with Gasteiger partial charge in [-0.15, -0.1) is 0 Å². The molecule has 6 nitrogen and oxygen atoms in total. The third-order valence-corrected chi connectivity index (χ3v) is 3.58. The van der Waals surface area contributed by atoms with Crippen molar-refractivity contribution in [2.45, 2.75) is 18.9 Å². The Morgan fingerprint density at radius 1 is 1.57 bits per heavy atom. The Labute approximate surface area is 125 Å². The topological polar surface area (TPSA) is 73.8 Å². The largest absolute Gasteiger partial charge is 0.497 e. The molecule has 1 heterocycles. The van der Waals surface area contributed by atoms with Gasteiger partial charge in [-0.05, 0) is 31.5 Å². The predicted octanol–water partition coefficient (Wildman–Crippen LogP) is 1.27. The Kier molecular flexibility index (Phi) is 5.83. The highest BCUT2D eigenvalue weighted by molar-refractivity contribution is 5.89. The van der Waals surface area contributed by atoms with Crippen LogP contribution in [0.1, 0.15) is 12.8 Å². The Morgan fingerprint density at radius 3 is 3.10 bits per heavy atom. The molecule has 0 aromatic heterocycles. The number of hydrogen-bond donors (Lipinski definition) is 3. The van der Waals surface area contributed by atoms with Gasteiger partial charge in [0.1, 0.15) is 5.75 Å². The molecule has 21 heavy (non-hydrogen) atoms. The number of carbonyl (C=O) groups is 1. The first-order chi connectivity index (χ1) is 10.2. The summed E-state index contributed by atoms with van der Waals surface area (Å²) in [4.78, 5) is 14.0. The smallest absolute Gasteiger partial charge is 0.321 e. The fourth-order valence-electron chi connectivity index (χ4n) is 2.48. The van der Waals surface area contributed by atoms with Crippen LogP contribution in [0.15, 0.2) is 24.3 Å². The fourth-order valence-corrected chi connectivity index (χ4v) is 2.48. The summed E-state index contributed by atoms with van der Waals surface area (Å²) in [6.07, 6.45) is 2.20. The molecule has 3 N–H and O–H groups in total. The first-order valence-electron chi connectivity index (χ1n) is 7.27. The average Bonchev–Trinajstić information content (AvgIpc) is 3.00. The maximum atomic E-state index is 12.3. The molecule has 1 unspecified atom stereocenters. The van der Waals surface area contributed by atoms with Crippen LogP contribution in [-0.2, 0) is 0 Å². The van der Waals surface area contributed by atoms with Gasteiger partial charge in [0.2, 0.25) is 0 Å². The number of ether oxygens (including phenoxy) is 1. The van der Waals surface area contributed by atoms with Crippen LogP contribution in [0.5, 0.6) is 5.75 Å². The molecule has 1 aromatic rings. The molecule has 116 valence electrons. The number of hydrogen-bond acceptors (Lipinski definition) is 4. The van der Waals surface area contributed by atoms with Gasteiger partial charge in [0.15, 0.2) is 0 Å². The third-order valence-electron chi connectivity index (χ3n) is 3.58. The molecule has 6 heteroatoms. The van der Waals surface area contributed by atoms with Crippen molar-refractivity contribution in [2.24, 2.45) is 0 Å². The number of amides is 2. The summed E-state index contributed by atoms with van der Waals surface area (Å²) < 4.78 is 5.14. The summed E-state index contributed by atoms with van der Waals surface area (Å²) in [5.74, 6) is 0.693. The fraction of sp³-hybridized carbons (Fsp3) is 0.533. The average molecular weight is 293 g/mol. The molecule has 1 aromatic carbocycles. The maximum Gasteiger partial charge on any atom is 0.321 e. The first kappa shape index (κ1) is 15.6. The number of urea groups is 1. The molecule has 1 aliphatic rings. The summed E-state index contributed by atoms with van der Waals surface area (Å²) in [7, 11) is 1.59. The minimum atomic E-state index is -0.203. The van der Waals surface area contributed by atoms with E-state index in [1.807, 2.05) is 18.2 Å². The molecule has 1 aliphatic heterocycles. The number of aliphatic hydroxyl groups excluding tert-OH is 1. The lowest BCUT2D eigenvalue weighted by Gasteiger charge is -2.25. The number of aliphatic hydroxyl groups is 1. The van der Waals surface area contributed by atoms with Crippen molar-refractivity contribution >= 4 is 11.7 Å². The molecule has 2 rings (SSSR count). The monoisotopic (exact) mass is 293 g/mol. The first-order valence-corrected chi connectivity index (χ1v) is 7.27. The van der Waals surface area contributed by atoms with E-state index >= 15 is 0 Å². The zero-order valence-corrected chi connectivity index (χ0v) is 12.3. The second-order valence-corrected chi connectivity index (χ2v) is 5.13. The van der Waals surface area contributed by atoms with Crippen LogP contribution in [0.2, 0.25) is 0 Å². The van der Waals surface area contributed by atoms with Crippen LogP contribution in [-0.4, -0.2) is 55.4 Å². The van der Waals surface area contributed by atoms with Gasteiger partial charge in [-0.25, -0.2) is 4.79 Å². The van der Waals surface area contributed by atoms with Gasteiger partial charge >= 0.3 is 6.03 Å². The molecule has 1 saturated heterocycles. The second-order valence-electron chi connectivity index (χ2n) is 5.13. The van der Waals surface area contributed by atoms with Crippen molar-refractivity contribution in [3.63, 3.8) is 0 Å². The van der Waals surface area contributed by atoms with E-state index in [4.69, 9.17) is 9.84 Å². The third kappa shape index (κ3) is 4.61. The molecule has 0 bridgehead atoms. The van der Waals surface area contributed by atoms with Crippen molar-refractivity contribution in [1.29, 1.82) is 0 Å². The maximum absolute atomic E-state index is 12.3. The quantitative estimate of drug-likeness (QED) is 0.738. The van der Waals surface area contributed by atoms with Crippen molar-refractivity contribution in [1.82, 2.24) is 10.2 Å². The molecule has 0 saturated carbocycles. The van der Waals surface area contributed by atoms with Crippen LogP contribution in [0.4, 0.5) is 10.5 Å². The van der Waals surface area contributed by atoms with Crippen molar-refractivity contribution in [2.75, 3.05) is 38.7 Å². The summed E-state index contributed by atoms with van der Waals surface area (Å²) in [5.41, 5.74) is 0.682. The van der Waals surface area contributed by atoms with E-state index < -0.39 is 0 Å². The summed E-state index contributed by atoms with van der Waals surface area (Å²) in [5, 5.41) is 15.3. The highest BCUT2D eigenvalue weighted by atomic mass is 16.5. The minimum absolute atomic E-state index is 0.0434. The molecular formula is C15H23N3O3. The summed E-state index contributed by atoms with van der Waals surface area (Å²) >= 11 is 0. The van der Waals surface area contributed by atoms with E-state index in [1.54, 1.807) is 18.1 Å². The predicted molar refractivity (Wildman–Crippen MR) is 81.7 cm³/mol. The van der Waals surface area contributed by atoms with Crippen molar-refractivity contribution < 1.29 is 14.6 Å². The molecule has 1 atom stereocenters. The summed E-state index contributed by atoms with van der Waals surface area (Å²) in [6.45, 7) is 1.89. The minimum Gasteiger partial charge on any atom is -0.497 e. The number of benzene rings is 1. The van der Waals surface area contributed by atoms with Gasteiger partial charge < -0.3 is 25.4 Å². The lowest BCUT2D eigenvalue weighted by molar-refractivity contribution is 0.182. The van der Waals surface area contributed by atoms with Gasteiger partial charge in [0.05, 0.1) is 13.7 Å². The van der Waals surface area contributed by atoms with Crippen LogP contribution in [0.25, 0.3) is 0 Å². The number of rotatable bonds is 6. The van der Waals surface area contributed by atoms with Crippen molar-refractivity contribution in [3.8, 4) is 5.75 Å². The standard InChI is InChI=1S/C15H23N3O3/c1-21-14-6-2-4-12(10-14)17-15(20)18(8-9-19)11-13-5-3-7-16-13/h2,4,6,10,13,16,19H,3,5,7-9,11H2,1H3,(H,17,20). The van der Waals surface area contributed by atoms with Gasteiger partial charge in [-0.2, -0.15) is 0 Å². The molecule has 1 fully saturated rings. The lowest BCUT2D eigenvalue weighted by Crippen LogP contribution is -2.44. The zero-order chi connectivity index (χ0) is 15.1. The molecular weight excluding hydrogens is 270 g/mol. The highest BCUT2D eigenvalue weighted by Gasteiger charge is 2.21. The molecule has 0 aliphatic carbocycles. The zero-order valence-electron chi connectivity index (χ0n) is 12.3. The van der Waals surface area contributed by atoms with Crippen LogP contribution < -0.4 is 15.4 Å². The van der Waals surface area contributed by atoms with Gasteiger partial charge in [-0.1, -0.05) is 6.07 Å². The van der Waals surface area contributed by atoms with E-state index in [1.165, 1.54) is 0 Å². The van der Waals surface area contributed by atoms with E-state index in [2.05, 4.69) is 10.6 Å². The van der Waals surface area contributed by atoms with E-state index in [-0.39, 0.29) is 12.6 Å². The lowest BCUT2D eigenvalue weighted by atomic mass is 10.2. The Bertz CT molecular complexity index is 461. The second kappa shape index (κ2) is 7.85. The van der Waals surface area contributed by atoms with E-state index in [9.17, 15) is 4.79 Å². The highest BCUT2D eigenvalue weighted by Crippen LogP contribution is 2.17. The van der Waals surface area contributed by atoms with Crippen LogP contribution >= 0.6 is 0 Å². The number of anilines is 1. The Morgan fingerprint density at radius 2 is 2.43 bits per heavy atom. The van der Waals surface area contributed by atoms with E-state index in [0.29, 0.717) is 30.6 Å². The molecule has 0 spiro atoms. The van der Waals surface area contributed by atoms with Gasteiger partial charge in [0, 0.05) is 30.9 Å². The number of nitrogens with one attached hydrogen (secondary N) is 2. The Hall–Kier alpha value is -1.79. The van der Waals surface area contributed by atoms with E-state index in [0.717, 1.165) is 19.4 Å². The number of nitrogens with zero attached hydrogens (tertiary/aromatic N) is 1. The summed E-state index contributed by atoms with van der Waals surface area (Å²) in [6, 6.07) is 7.33.